The van der Waals surface area contributed by atoms with E-state index in [1.807, 2.05) is 20.0 Å². The van der Waals surface area contributed by atoms with Crippen LogP contribution in [-0.4, -0.2) is 63.9 Å². The fraction of sp³-hybridized carbons (Fsp3) is 0.857. The predicted octanol–water partition coefficient (Wildman–Crippen LogP) is 0.997. The van der Waals surface area contributed by atoms with E-state index in [4.69, 9.17) is 14.2 Å². The van der Waals surface area contributed by atoms with Gasteiger partial charge in [0.15, 0.2) is 12.1 Å². The number of rotatable bonds is 4. The van der Waals surface area contributed by atoms with E-state index in [-0.39, 0.29) is 12.1 Å². The number of fused-ring (bicyclic) bond motifs is 1. The van der Waals surface area contributed by atoms with Crippen LogP contribution in [-0.2, 0) is 14.2 Å². The van der Waals surface area contributed by atoms with Gasteiger partial charge < -0.3 is 19.3 Å². The van der Waals surface area contributed by atoms with Crippen molar-refractivity contribution in [2.45, 2.75) is 69.9 Å². The molecule has 1 aromatic rings. The number of hydrogen-bond donors (Lipinski definition) is 1. The molecule has 7 nitrogen and oxygen atoms in total. The van der Waals surface area contributed by atoms with Crippen LogP contribution in [0.5, 0.6) is 0 Å². The molecule has 5 atom stereocenters. The molecule has 2 aliphatic heterocycles. The van der Waals surface area contributed by atoms with Crippen LogP contribution >= 0.6 is 15.9 Å². The van der Waals surface area contributed by atoms with Gasteiger partial charge in [-0.15, -0.1) is 5.10 Å². The smallest absolute Gasteiger partial charge is 0.189 e. The van der Waals surface area contributed by atoms with Gasteiger partial charge in [-0.25, -0.2) is 4.68 Å². The molecule has 1 N–H and O–H groups in total. The van der Waals surface area contributed by atoms with Crippen LogP contribution in [0.2, 0.25) is 19.6 Å². The van der Waals surface area contributed by atoms with E-state index < -0.39 is 32.4 Å². The van der Waals surface area contributed by atoms with E-state index in [0.29, 0.717) is 5.33 Å². The van der Waals surface area contributed by atoms with Gasteiger partial charge in [-0.1, -0.05) is 40.8 Å². The molecule has 2 fully saturated rings. The molecular weight excluding hydrogens is 382 g/mol. The third kappa shape index (κ3) is 3.27. The quantitative estimate of drug-likeness (QED) is 0.594. The van der Waals surface area contributed by atoms with Gasteiger partial charge in [-0.05, 0) is 13.8 Å². The van der Waals surface area contributed by atoms with Crippen molar-refractivity contribution in [2.75, 3.05) is 5.33 Å². The van der Waals surface area contributed by atoms with Gasteiger partial charge in [0.2, 0.25) is 0 Å². The van der Waals surface area contributed by atoms with Crippen molar-refractivity contribution in [3.8, 4) is 0 Å². The Labute approximate surface area is 145 Å². The molecule has 0 unspecified atom stereocenters. The summed E-state index contributed by atoms with van der Waals surface area (Å²) in [5, 5.41) is 20.4. The molecule has 23 heavy (non-hydrogen) atoms. The average molecular weight is 406 g/mol. The van der Waals surface area contributed by atoms with Gasteiger partial charge in [0.05, 0.1) is 11.4 Å². The lowest BCUT2D eigenvalue weighted by atomic mass is 10.0. The summed E-state index contributed by atoms with van der Waals surface area (Å²) in [5.41, 5.74) is 0. The molecule has 0 saturated carbocycles. The molecule has 0 spiro atoms. The maximum Gasteiger partial charge on any atom is 0.189 e. The Bertz CT molecular complexity index is 577. The number of halogens is 1. The van der Waals surface area contributed by atoms with Gasteiger partial charge >= 0.3 is 0 Å². The number of alkyl halides is 1. The SMILES string of the molecule is CC1(C)O[C@H]2O[C@H]([C@H](O)CBr)[C@H](n3cc([Si](C)(C)C)nn3)[C@H]2O1. The number of hydrogen-bond acceptors (Lipinski definition) is 6. The average Bonchev–Trinajstić information content (AvgIpc) is 3.08. The minimum absolute atomic E-state index is 0.271. The first kappa shape index (κ1) is 17.5. The normalized spacial score (nSPS) is 34.6. The molecular formula is C14H24BrN3O4Si. The standard InChI is InChI=1S/C14H24BrN3O4Si/c1-14(2)21-12-10(11(8(19)6-15)20-13(12)22-14)18-7-9(16-17-18)23(3,4)5/h7-8,10-13,19H,6H2,1-5H3/t8-,10+,11-,12-,13-/m1/s1. The second-order valence-electron chi connectivity index (χ2n) is 7.62. The molecule has 1 aromatic heterocycles. The third-order valence-electron chi connectivity index (χ3n) is 4.17. The summed E-state index contributed by atoms with van der Waals surface area (Å²) in [7, 11) is -1.56. The maximum atomic E-state index is 10.3. The first-order valence-electron chi connectivity index (χ1n) is 7.80. The first-order valence-corrected chi connectivity index (χ1v) is 12.4. The molecule has 0 radical (unpaired) electrons. The lowest BCUT2D eigenvalue weighted by molar-refractivity contribution is -0.218. The van der Waals surface area contributed by atoms with Gasteiger partial charge in [0.1, 0.15) is 26.3 Å². The maximum absolute atomic E-state index is 10.3. The zero-order valence-corrected chi connectivity index (χ0v) is 16.6. The summed E-state index contributed by atoms with van der Waals surface area (Å²) in [6, 6.07) is -0.271. The zero-order chi connectivity index (χ0) is 17.0. The summed E-state index contributed by atoms with van der Waals surface area (Å²) in [6.45, 7) is 10.4. The van der Waals surface area contributed by atoms with E-state index >= 15 is 0 Å². The molecule has 2 saturated heterocycles. The minimum Gasteiger partial charge on any atom is -0.389 e. The highest BCUT2D eigenvalue weighted by Crippen LogP contribution is 2.43. The molecule has 0 aromatic carbocycles. The van der Waals surface area contributed by atoms with E-state index in [0.717, 1.165) is 5.32 Å². The van der Waals surface area contributed by atoms with Crippen LogP contribution < -0.4 is 5.32 Å². The molecule has 0 bridgehead atoms. The van der Waals surface area contributed by atoms with Gasteiger partial charge in [0.25, 0.3) is 0 Å². The summed E-state index contributed by atoms with van der Waals surface area (Å²) < 4.78 is 19.5. The predicted molar refractivity (Wildman–Crippen MR) is 90.5 cm³/mol. The van der Waals surface area contributed by atoms with Crippen LogP contribution in [0.25, 0.3) is 0 Å². The van der Waals surface area contributed by atoms with Crippen molar-refractivity contribution in [1.29, 1.82) is 0 Å². The van der Waals surface area contributed by atoms with Crippen molar-refractivity contribution in [3.05, 3.63) is 6.20 Å². The third-order valence-corrected chi connectivity index (χ3v) is 6.60. The Kier molecular flexibility index (Phi) is 4.48. The topological polar surface area (TPSA) is 78.6 Å². The monoisotopic (exact) mass is 405 g/mol. The van der Waals surface area contributed by atoms with Crippen molar-refractivity contribution < 1.29 is 19.3 Å². The Balaban J connectivity index is 1.93. The second-order valence-corrected chi connectivity index (χ2v) is 13.3. The fourth-order valence-electron chi connectivity index (χ4n) is 2.99. The summed E-state index contributed by atoms with van der Waals surface area (Å²) in [5.74, 6) is -0.708. The number of aliphatic hydroxyl groups is 1. The Morgan fingerprint density at radius 3 is 2.65 bits per heavy atom. The number of aromatic nitrogens is 3. The Morgan fingerprint density at radius 1 is 1.39 bits per heavy atom. The van der Waals surface area contributed by atoms with Crippen molar-refractivity contribution in [2.24, 2.45) is 0 Å². The van der Waals surface area contributed by atoms with Gasteiger partial charge in [-0.3, -0.25) is 0 Å². The lowest BCUT2D eigenvalue weighted by Crippen LogP contribution is -2.40. The molecule has 0 aliphatic carbocycles. The minimum atomic E-state index is -1.56. The molecule has 2 aliphatic rings. The number of ether oxygens (including phenoxy) is 3. The second kappa shape index (κ2) is 5.89. The zero-order valence-electron chi connectivity index (χ0n) is 14.1. The van der Waals surface area contributed by atoms with Crippen LogP contribution in [0, 0.1) is 0 Å². The van der Waals surface area contributed by atoms with Crippen LogP contribution in [0.4, 0.5) is 0 Å². The van der Waals surface area contributed by atoms with E-state index in [1.165, 1.54) is 0 Å². The summed E-state index contributed by atoms with van der Waals surface area (Å²) >= 11 is 3.31. The molecule has 3 rings (SSSR count). The van der Waals surface area contributed by atoms with Gasteiger partial charge in [-0.2, -0.15) is 0 Å². The van der Waals surface area contributed by atoms with Crippen LogP contribution in [0.15, 0.2) is 6.20 Å². The first-order chi connectivity index (χ1) is 10.6. The fourth-order valence-corrected chi connectivity index (χ4v) is 4.22. The Hall–Kier alpha value is -0.323. The summed E-state index contributed by atoms with van der Waals surface area (Å²) in [4.78, 5) is 0. The van der Waals surface area contributed by atoms with Crippen molar-refractivity contribution >= 4 is 29.3 Å². The highest BCUT2D eigenvalue weighted by molar-refractivity contribution is 9.09. The molecule has 0 amide bonds. The highest BCUT2D eigenvalue weighted by Gasteiger charge is 2.57. The van der Waals surface area contributed by atoms with E-state index in [9.17, 15) is 5.11 Å². The van der Waals surface area contributed by atoms with Crippen LogP contribution in [0.1, 0.15) is 19.9 Å². The number of aliphatic hydroxyl groups excluding tert-OH is 1. The van der Waals surface area contributed by atoms with Gasteiger partial charge in [0, 0.05) is 11.5 Å². The van der Waals surface area contributed by atoms with E-state index in [1.54, 1.807) is 4.68 Å². The molecule has 9 heteroatoms. The van der Waals surface area contributed by atoms with Crippen molar-refractivity contribution in [3.63, 3.8) is 0 Å². The van der Waals surface area contributed by atoms with E-state index in [2.05, 4.69) is 45.9 Å². The largest absolute Gasteiger partial charge is 0.389 e. The number of nitrogens with zero attached hydrogens (tertiary/aromatic N) is 3. The Morgan fingerprint density at radius 2 is 2.09 bits per heavy atom. The van der Waals surface area contributed by atoms with Crippen LogP contribution in [0.3, 0.4) is 0 Å². The molecule has 130 valence electrons. The highest BCUT2D eigenvalue weighted by atomic mass is 79.9. The summed E-state index contributed by atoms with van der Waals surface area (Å²) in [6.07, 6.45) is -0.00384. The van der Waals surface area contributed by atoms with Crippen molar-refractivity contribution in [1.82, 2.24) is 15.0 Å². The molecule has 3 heterocycles. The lowest BCUT2D eigenvalue weighted by Gasteiger charge is -2.27.